The fourth-order valence-electron chi connectivity index (χ4n) is 0.526. The van der Waals surface area contributed by atoms with Gasteiger partial charge in [0.15, 0.2) is 0 Å². The molecular weight excluding hydrogens is 122 g/mol. The van der Waals surface area contributed by atoms with Crippen LogP contribution in [0.1, 0.15) is 13.8 Å². The van der Waals surface area contributed by atoms with E-state index in [1.165, 1.54) is 0 Å². The van der Waals surface area contributed by atoms with Crippen molar-refractivity contribution < 1.29 is 0 Å². The Morgan fingerprint density at radius 2 is 2.00 bits per heavy atom. The Labute approximate surface area is 56.4 Å². The second-order valence-corrected chi connectivity index (χ2v) is 3.10. The summed E-state index contributed by atoms with van der Waals surface area (Å²) in [4.78, 5) is 0. The fourth-order valence-corrected chi connectivity index (χ4v) is 0.620. The highest BCUT2D eigenvalue weighted by Gasteiger charge is 2.13. The van der Waals surface area contributed by atoms with E-state index in [0.717, 1.165) is 6.54 Å². The molecule has 0 aromatic heterocycles. The number of alkyl halides is 1. The summed E-state index contributed by atoms with van der Waals surface area (Å²) in [5.41, 5.74) is 0.246. The zero-order chi connectivity index (χ0) is 6.62. The lowest BCUT2D eigenvalue weighted by molar-refractivity contribution is 0.401. The standard InChI is InChI=1S/C6H14ClN/c1-6(2,4-7)5-8-3/h8H,4-5H2,1-3H3. The van der Waals surface area contributed by atoms with E-state index in [9.17, 15) is 0 Å². The second kappa shape index (κ2) is 3.31. The molecule has 0 rings (SSSR count). The van der Waals surface area contributed by atoms with Gasteiger partial charge in [0, 0.05) is 12.4 Å². The van der Waals surface area contributed by atoms with E-state index in [2.05, 4.69) is 19.2 Å². The number of halogens is 1. The Hall–Kier alpha value is 0.250. The smallest absolute Gasteiger partial charge is 0.0286 e. The monoisotopic (exact) mass is 135 g/mol. The van der Waals surface area contributed by atoms with Gasteiger partial charge in [0.05, 0.1) is 0 Å². The van der Waals surface area contributed by atoms with Crippen molar-refractivity contribution in [2.24, 2.45) is 5.41 Å². The van der Waals surface area contributed by atoms with Gasteiger partial charge in [0.1, 0.15) is 0 Å². The van der Waals surface area contributed by atoms with Crippen molar-refractivity contribution in [1.82, 2.24) is 5.32 Å². The molecule has 0 aliphatic rings. The minimum absolute atomic E-state index is 0.246. The number of nitrogens with one attached hydrogen (secondary N) is 1. The third kappa shape index (κ3) is 3.28. The maximum atomic E-state index is 5.63. The minimum atomic E-state index is 0.246. The van der Waals surface area contributed by atoms with E-state index in [0.29, 0.717) is 5.88 Å². The van der Waals surface area contributed by atoms with Gasteiger partial charge in [-0.25, -0.2) is 0 Å². The lowest BCUT2D eigenvalue weighted by atomic mass is 9.97. The molecule has 0 aliphatic carbocycles. The van der Waals surface area contributed by atoms with Gasteiger partial charge in [0.25, 0.3) is 0 Å². The summed E-state index contributed by atoms with van der Waals surface area (Å²) in [7, 11) is 1.94. The lowest BCUT2D eigenvalue weighted by Crippen LogP contribution is -2.27. The zero-order valence-electron chi connectivity index (χ0n) is 5.79. The average molecular weight is 136 g/mol. The molecule has 0 saturated carbocycles. The van der Waals surface area contributed by atoms with Crippen molar-refractivity contribution in [3.8, 4) is 0 Å². The van der Waals surface area contributed by atoms with Crippen molar-refractivity contribution in [3.63, 3.8) is 0 Å². The molecule has 0 fully saturated rings. The van der Waals surface area contributed by atoms with Crippen molar-refractivity contribution >= 4 is 11.6 Å². The molecule has 50 valence electrons. The summed E-state index contributed by atoms with van der Waals surface area (Å²) >= 11 is 5.63. The van der Waals surface area contributed by atoms with Gasteiger partial charge in [-0.15, -0.1) is 11.6 Å². The topological polar surface area (TPSA) is 12.0 Å². The molecule has 1 N–H and O–H groups in total. The molecule has 8 heavy (non-hydrogen) atoms. The maximum Gasteiger partial charge on any atom is 0.0286 e. The Kier molecular flexibility index (Phi) is 3.41. The molecule has 0 bridgehead atoms. The predicted molar refractivity (Wildman–Crippen MR) is 38.4 cm³/mol. The quantitative estimate of drug-likeness (QED) is 0.578. The van der Waals surface area contributed by atoms with Crippen LogP contribution in [0, 0.1) is 5.41 Å². The van der Waals surface area contributed by atoms with Crippen LogP contribution in [-0.4, -0.2) is 19.5 Å². The van der Waals surface area contributed by atoms with Gasteiger partial charge in [-0.2, -0.15) is 0 Å². The Bertz CT molecular complexity index is 61.5. The van der Waals surface area contributed by atoms with E-state index in [1.807, 2.05) is 7.05 Å². The zero-order valence-corrected chi connectivity index (χ0v) is 6.55. The molecular formula is C6H14ClN. The lowest BCUT2D eigenvalue weighted by Gasteiger charge is -2.19. The summed E-state index contributed by atoms with van der Waals surface area (Å²) < 4.78 is 0. The second-order valence-electron chi connectivity index (χ2n) is 2.83. The van der Waals surface area contributed by atoms with Crippen LogP contribution in [0.2, 0.25) is 0 Å². The van der Waals surface area contributed by atoms with Crippen molar-refractivity contribution in [1.29, 1.82) is 0 Å². The van der Waals surface area contributed by atoms with E-state index in [1.54, 1.807) is 0 Å². The molecule has 2 heteroatoms. The van der Waals surface area contributed by atoms with E-state index >= 15 is 0 Å². The first kappa shape index (κ1) is 8.25. The number of hydrogen-bond acceptors (Lipinski definition) is 1. The Balaban J connectivity index is 3.37. The molecule has 0 aromatic rings. The third-order valence-electron chi connectivity index (χ3n) is 1.02. The highest BCUT2D eigenvalue weighted by atomic mass is 35.5. The average Bonchev–Trinajstić information content (AvgIpc) is 1.67. The Morgan fingerprint density at radius 3 is 2.12 bits per heavy atom. The van der Waals surface area contributed by atoms with Crippen LogP contribution in [0.25, 0.3) is 0 Å². The van der Waals surface area contributed by atoms with Gasteiger partial charge < -0.3 is 5.32 Å². The largest absolute Gasteiger partial charge is 0.319 e. The first-order valence-corrected chi connectivity index (χ1v) is 3.36. The van der Waals surface area contributed by atoms with E-state index in [-0.39, 0.29) is 5.41 Å². The van der Waals surface area contributed by atoms with Crippen LogP contribution in [0.3, 0.4) is 0 Å². The van der Waals surface area contributed by atoms with Crippen LogP contribution in [0.15, 0.2) is 0 Å². The first-order chi connectivity index (χ1) is 3.62. The summed E-state index contributed by atoms with van der Waals surface area (Å²) in [6, 6.07) is 0. The minimum Gasteiger partial charge on any atom is -0.319 e. The molecule has 0 spiro atoms. The summed E-state index contributed by atoms with van der Waals surface area (Å²) in [6.07, 6.45) is 0. The SMILES string of the molecule is CNCC(C)(C)CCl. The van der Waals surface area contributed by atoms with E-state index in [4.69, 9.17) is 11.6 Å². The summed E-state index contributed by atoms with van der Waals surface area (Å²) in [5.74, 6) is 0.716. The van der Waals surface area contributed by atoms with Gasteiger partial charge in [-0.3, -0.25) is 0 Å². The molecule has 0 atom stereocenters. The molecule has 0 aliphatic heterocycles. The van der Waals surface area contributed by atoms with Gasteiger partial charge in [-0.05, 0) is 12.5 Å². The number of rotatable bonds is 3. The first-order valence-electron chi connectivity index (χ1n) is 2.83. The Morgan fingerprint density at radius 1 is 1.50 bits per heavy atom. The summed E-state index contributed by atoms with van der Waals surface area (Å²) in [6.45, 7) is 5.25. The molecule has 0 amide bonds. The highest BCUT2D eigenvalue weighted by molar-refractivity contribution is 6.18. The van der Waals surface area contributed by atoms with Crippen LogP contribution < -0.4 is 5.32 Å². The van der Waals surface area contributed by atoms with Crippen molar-refractivity contribution in [2.75, 3.05) is 19.5 Å². The fraction of sp³-hybridized carbons (Fsp3) is 1.00. The molecule has 0 unspecified atom stereocenters. The van der Waals surface area contributed by atoms with Crippen LogP contribution >= 0.6 is 11.6 Å². The molecule has 0 heterocycles. The van der Waals surface area contributed by atoms with Crippen LogP contribution in [0.4, 0.5) is 0 Å². The predicted octanol–water partition coefficient (Wildman–Crippen LogP) is 1.47. The van der Waals surface area contributed by atoms with Gasteiger partial charge in [0.2, 0.25) is 0 Å². The summed E-state index contributed by atoms with van der Waals surface area (Å²) in [5, 5.41) is 3.07. The number of hydrogen-bond donors (Lipinski definition) is 1. The highest BCUT2D eigenvalue weighted by Crippen LogP contribution is 2.14. The van der Waals surface area contributed by atoms with Crippen LogP contribution in [-0.2, 0) is 0 Å². The van der Waals surface area contributed by atoms with Gasteiger partial charge >= 0.3 is 0 Å². The molecule has 1 nitrogen and oxygen atoms in total. The van der Waals surface area contributed by atoms with Gasteiger partial charge in [-0.1, -0.05) is 13.8 Å². The molecule has 0 saturated heterocycles. The van der Waals surface area contributed by atoms with E-state index < -0.39 is 0 Å². The molecule has 0 aromatic carbocycles. The normalized spacial score (nSPS) is 12.0. The van der Waals surface area contributed by atoms with Crippen molar-refractivity contribution in [2.45, 2.75) is 13.8 Å². The van der Waals surface area contributed by atoms with Crippen LogP contribution in [0.5, 0.6) is 0 Å². The van der Waals surface area contributed by atoms with Crippen molar-refractivity contribution in [3.05, 3.63) is 0 Å². The molecule has 0 radical (unpaired) electrons. The maximum absolute atomic E-state index is 5.63. The third-order valence-corrected chi connectivity index (χ3v) is 1.74.